The minimum Gasteiger partial charge on any atom is -0.492 e. The number of nitrogens with zero attached hydrogens (tertiary/aromatic N) is 1. The van der Waals surface area contributed by atoms with E-state index < -0.39 is 12.3 Å². The summed E-state index contributed by atoms with van der Waals surface area (Å²) in [6.45, 7) is 5.88. The molecule has 1 saturated heterocycles. The zero-order chi connectivity index (χ0) is 22.1. The Labute approximate surface area is 183 Å². The van der Waals surface area contributed by atoms with Crippen LogP contribution in [0.2, 0.25) is 0 Å². The summed E-state index contributed by atoms with van der Waals surface area (Å²) in [5, 5.41) is 9.25. The van der Waals surface area contributed by atoms with E-state index in [1.54, 1.807) is 24.3 Å². The number of ether oxygens (including phenoxy) is 4. The molecule has 164 valence electrons. The van der Waals surface area contributed by atoms with Crippen LogP contribution in [0.1, 0.15) is 67.3 Å². The van der Waals surface area contributed by atoms with E-state index in [1.165, 1.54) is 25.3 Å². The molecule has 6 nitrogen and oxygen atoms in total. The van der Waals surface area contributed by atoms with E-state index in [4.69, 9.17) is 18.9 Å². The van der Waals surface area contributed by atoms with Gasteiger partial charge in [0.25, 0.3) is 0 Å². The summed E-state index contributed by atoms with van der Waals surface area (Å²) >= 11 is 0. The Kier molecular flexibility index (Phi) is 8.45. The number of carbonyl (C=O) groups is 1. The molecule has 0 radical (unpaired) electrons. The van der Waals surface area contributed by atoms with Gasteiger partial charge in [0.1, 0.15) is 17.6 Å². The quantitative estimate of drug-likeness (QED) is 0.304. The lowest BCUT2D eigenvalue weighted by atomic mass is 10.0. The zero-order valence-electron chi connectivity index (χ0n) is 18.1. The van der Waals surface area contributed by atoms with Crippen molar-refractivity contribution < 1.29 is 23.7 Å². The number of unbranched alkanes of at least 4 members (excludes halogenated alkanes) is 2. The molecule has 1 aliphatic heterocycles. The third kappa shape index (κ3) is 6.30. The molecular formula is C25H29NO5. The van der Waals surface area contributed by atoms with Crippen LogP contribution < -0.4 is 9.47 Å². The van der Waals surface area contributed by atoms with E-state index in [0.717, 1.165) is 12.0 Å². The lowest BCUT2D eigenvalue weighted by molar-refractivity contribution is -0.206. The molecule has 6 heteroatoms. The Morgan fingerprint density at radius 2 is 1.84 bits per heavy atom. The third-order valence-corrected chi connectivity index (χ3v) is 5.18. The Balaban J connectivity index is 1.55. The SMILES string of the molecule is CCCCCC1COC(c2ccc(C(=O)Oc3ccc(OCC)c(C#N)c3)cc2)OC1. The van der Waals surface area contributed by atoms with E-state index >= 15 is 0 Å². The van der Waals surface area contributed by atoms with Crippen molar-refractivity contribution in [3.8, 4) is 17.6 Å². The molecule has 0 unspecified atom stereocenters. The van der Waals surface area contributed by atoms with Crippen molar-refractivity contribution in [2.75, 3.05) is 19.8 Å². The lowest BCUT2D eigenvalue weighted by Crippen LogP contribution is -2.27. The second kappa shape index (κ2) is 11.5. The Morgan fingerprint density at radius 3 is 2.48 bits per heavy atom. The van der Waals surface area contributed by atoms with Crippen molar-refractivity contribution in [3.63, 3.8) is 0 Å². The molecule has 0 N–H and O–H groups in total. The lowest BCUT2D eigenvalue weighted by Gasteiger charge is -2.29. The second-order valence-corrected chi connectivity index (χ2v) is 7.57. The van der Waals surface area contributed by atoms with Crippen molar-refractivity contribution >= 4 is 5.97 Å². The summed E-state index contributed by atoms with van der Waals surface area (Å²) in [7, 11) is 0. The van der Waals surface area contributed by atoms with Crippen LogP contribution in [-0.4, -0.2) is 25.8 Å². The Morgan fingerprint density at radius 1 is 1.10 bits per heavy atom. The van der Waals surface area contributed by atoms with E-state index in [2.05, 4.69) is 13.0 Å². The van der Waals surface area contributed by atoms with Gasteiger partial charge in [-0.25, -0.2) is 4.79 Å². The van der Waals surface area contributed by atoms with Crippen LogP contribution in [0.4, 0.5) is 0 Å². The normalized spacial score (nSPS) is 18.2. The molecule has 2 aromatic rings. The van der Waals surface area contributed by atoms with Crippen LogP contribution in [-0.2, 0) is 9.47 Å². The molecule has 0 saturated carbocycles. The number of benzene rings is 2. The maximum absolute atomic E-state index is 12.5. The highest BCUT2D eigenvalue weighted by Gasteiger charge is 2.23. The second-order valence-electron chi connectivity index (χ2n) is 7.57. The van der Waals surface area contributed by atoms with Crippen LogP contribution in [0.25, 0.3) is 0 Å². The average molecular weight is 424 g/mol. The number of hydrogen-bond donors (Lipinski definition) is 0. The van der Waals surface area contributed by atoms with Crippen LogP contribution >= 0.6 is 0 Å². The molecule has 0 aromatic heterocycles. The zero-order valence-corrected chi connectivity index (χ0v) is 18.1. The van der Waals surface area contributed by atoms with E-state index in [9.17, 15) is 10.1 Å². The summed E-state index contributed by atoms with van der Waals surface area (Å²) in [6.07, 6.45) is 4.39. The number of hydrogen-bond acceptors (Lipinski definition) is 6. The third-order valence-electron chi connectivity index (χ3n) is 5.18. The Hall–Kier alpha value is -2.88. The first-order chi connectivity index (χ1) is 15.1. The van der Waals surface area contributed by atoms with Crippen LogP contribution in [0.5, 0.6) is 11.5 Å². The van der Waals surface area contributed by atoms with E-state index in [-0.39, 0.29) is 0 Å². The van der Waals surface area contributed by atoms with Crippen LogP contribution in [0.15, 0.2) is 42.5 Å². The maximum Gasteiger partial charge on any atom is 0.343 e. The van der Waals surface area contributed by atoms with Gasteiger partial charge in [0.15, 0.2) is 6.29 Å². The summed E-state index contributed by atoms with van der Waals surface area (Å²) in [5.41, 5.74) is 1.60. The van der Waals surface area contributed by atoms with Gasteiger partial charge in [0.2, 0.25) is 0 Å². The topological polar surface area (TPSA) is 77.8 Å². The molecular weight excluding hydrogens is 394 g/mol. The Bertz CT molecular complexity index is 895. The van der Waals surface area contributed by atoms with Crippen molar-refractivity contribution in [1.29, 1.82) is 5.26 Å². The number of esters is 1. The molecule has 1 heterocycles. The highest BCUT2D eigenvalue weighted by Crippen LogP contribution is 2.28. The van der Waals surface area contributed by atoms with Gasteiger partial charge in [-0.05, 0) is 37.6 Å². The molecule has 0 atom stereocenters. The van der Waals surface area contributed by atoms with Crippen LogP contribution in [0.3, 0.4) is 0 Å². The van der Waals surface area contributed by atoms with Gasteiger partial charge in [-0.3, -0.25) is 0 Å². The predicted molar refractivity (Wildman–Crippen MR) is 116 cm³/mol. The van der Waals surface area contributed by atoms with Gasteiger partial charge in [0, 0.05) is 17.5 Å². The first kappa shape index (κ1) is 22.8. The molecule has 0 amide bonds. The van der Waals surface area contributed by atoms with Crippen LogP contribution in [0, 0.1) is 17.2 Å². The number of rotatable bonds is 9. The predicted octanol–water partition coefficient (Wildman–Crippen LogP) is 5.42. The molecule has 31 heavy (non-hydrogen) atoms. The van der Waals surface area contributed by atoms with E-state index in [1.807, 2.05) is 19.1 Å². The average Bonchev–Trinajstić information content (AvgIpc) is 2.81. The summed E-state index contributed by atoms with van der Waals surface area (Å²) in [6, 6.07) is 13.8. The monoisotopic (exact) mass is 423 g/mol. The first-order valence-corrected chi connectivity index (χ1v) is 10.9. The van der Waals surface area contributed by atoms with Gasteiger partial charge in [-0.2, -0.15) is 5.26 Å². The minimum atomic E-state index is -0.499. The van der Waals surface area contributed by atoms with E-state index in [0.29, 0.717) is 48.4 Å². The molecule has 1 aliphatic rings. The van der Waals surface area contributed by atoms with Gasteiger partial charge >= 0.3 is 5.97 Å². The molecule has 0 bridgehead atoms. The molecule has 3 rings (SSSR count). The smallest absolute Gasteiger partial charge is 0.343 e. The summed E-state index contributed by atoms with van der Waals surface area (Å²) in [5.74, 6) is 0.710. The number of carbonyl (C=O) groups excluding carboxylic acids is 1. The fourth-order valence-electron chi connectivity index (χ4n) is 3.47. The fraction of sp³-hybridized carbons (Fsp3) is 0.440. The largest absolute Gasteiger partial charge is 0.492 e. The minimum absolute atomic E-state index is 0.294. The van der Waals surface area contributed by atoms with Crippen molar-refractivity contribution in [1.82, 2.24) is 0 Å². The first-order valence-electron chi connectivity index (χ1n) is 10.9. The summed E-state index contributed by atoms with van der Waals surface area (Å²) < 4.78 is 22.6. The maximum atomic E-state index is 12.5. The molecule has 0 aliphatic carbocycles. The van der Waals surface area contributed by atoms with Gasteiger partial charge in [-0.1, -0.05) is 38.3 Å². The summed E-state index contributed by atoms with van der Waals surface area (Å²) in [4.78, 5) is 12.5. The standard InChI is InChI=1S/C25H29NO5/c1-3-5-6-7-18-16-29-25(30-17-18)20-10-8-19(9-11-20)24(27)31-22-12-13-23(28-4-2)21(14-22)15-26/h8-14,18,25H,3-7,16-17H2,1-2H3. The number of nitriles is 1. The fourth-order valence-corrected chi connectivity index (χ4v) is 3.47. The van der Waals surface area contributed by atoms with Gasteiger partial charge in [-0.15, -0.1) is 0 Å². The van der Waals surface area contributed by atoms with Crippen molar-refractivity contribution in [3.05, 3.63) is 59.2 Å². The van der Waals surface area contributed by atoms with Gasteiger partial charge < -0.3 is 18.9 Å². The molecule has 1 fully saturated rings. The highest BCUT2D eigenvalue weighted by atomic mass is 16.7. The highest BCUT2D eigenvalue weighted by molar-refractivity contribution is 5.91. The van der Waals surface area contributed by atoms with Crippen molar-refractivity contribution in [2.24, 2.45) is 5.92 Å². The van der Waals surface area contributed by atoms with Gasteiger partial charge in [0.05, 0.1) is 30.9 Å². The van der Waals surface area contributed by atoms with Crippen molar-refractivity contribution in [2.45, 2.75) is 45.8 Å². The molecule has 0 spiro atoms. The molecule has 2 aromatic carbocycles.